The predicted molar refractivity (Wildman–Crippen MR) is 141 cm³/mol. The summed E-state index contributed by atoms with van der Waals surface area (Å²) >= 11 is 0. The van der Waals surface area contributed by atoms with Crippen molar-refractivity contribution in [2.45, 2.75) is 38.7 Å². The Labute approximate surface area is 218 Å². The van der Waals surface area contributed by atoms with E-state index in [4.69, 9.17) is 18.9 Å². The second-order valence-corrected chi connectivity index (χ2v) is 10.3. The molecule has 194 valence electrons. The van der Waals surface area contributed by atoms with E-state index in [0.29, 0.717) is 32.3 Å². The molecular weight excluding hydrogens is 468 g/mol. The van der Waals surface area contributed by atoms with Gasteiger partial charge in [-0.15, -0.1) is 0 Å². The molecule has 1 atom stereocenters. The third-order valence-electron chi connectivity index (χ3n) is 7.35. The zero-order valence-corrected chi connectivity index (χ0v) is 21.5. The first-order valence-corrected chi connectivity index (χ1v) is 12.9. The Kier molecular flexibility index (Phi) is 7.49. The lowest BCUT2D eigenvalue weighted by molar-refractivity contribution is -0.145. The minimum atomic E-state index is -0.810. The third kappa shape index (κ3) is 5.81. The summed E-state index contributed by atoms with van der Waals surface area (Å²) in [5.74, 6) is 1.33. The van der Waals surface area contributed by atoms with Gasteiger partial charge >= 0.3 is 5.97 Å². The van der Waals surface area contributed by atoms with Gasteiger partial charge in [-0.2, -0.15) is 0 Å². The van der Waals surface area contributed by atoms with Gasteiger partial charge in [0.1, 0.15) is 18.1 Å². The van der Waals surface area contributed by atoms with Crippen LogP contribution in [0.1, 0.15) is 35.1 Å². The summed E-state index contributed by atoms with van der Waals surface area (Å²) in [5, 5.41) is 9.27. The summed E-state index contributed by atoms with van der Waals surface area (Å²) in [6, 6.07) is 20.4. The SMILES string of the molecule is Cc1cc(OCC2CCOC2)cc(C)c1-c1cccc(COc2ccc(C3(CC(=O)O)COC3)cc2)c1. The van der Waals surface area contributed by atoms with Crippen LogP contribution < -0.4 is 9.47 Å². The average Bonchev–Trinajstić information content (AvgIpc) is 3.38. The van der Waals surface area contributed by atoms with E-state index in [1.807, 2.05) is 24.3 Å². The van der Waals surface area contributed by atoms with Gasteiger partial charge in [-0.25, -0.2) is 0 Å². The van der Waals surface area contributed by atoms with Crippen LogP contribution in [0, 0.1) is 19.8 Å². The molecule has 0 saturated carbocycles. The van der Waals surface area contributed by atoms with Crippen LogP contribution in [0.5, 0.6) is 11.5 Å². The zero-order valence-electron chi connectivity index (χ0n) is 21.5. The van der Waals surface area contributed by atoms with Gasteiger partial charge < -0.3 is 24.1 Å². The summed E-state index contributed by atoms with van der Waals surface area (Å²) in [4.78, 5) is 11.3. The van der Waals surface area contributed by atoms with Crippen molar-refractivity contribution in [3.8, 4) is 22.6 Å². The van der Waals surface area contributed by atoms with Crippen molar-refractivity contribution in [2.75, 3.05) is 33.0 Å². The summed E-state index contributed by atoms with van der Waals surface area (Å²) in [6.45, 7) is 7.89. The molecule has 0 aromatic heterocycles. The van der Waals surface area contributed by atoms with E-state index < -0.39 is 11.4 Å². The highest BCUT2D eigenvalue weighted by Crippen LogP contribution is 2.37. The molecule has 3 aromatic rings. The predicted octanol–water partition coefficient (Wildman–Crippen LogP) is 5.71. The molecule has 37 heavy (non-hydrogen) atoms. The van der Waals surface area contributed by atoms with E-state index in [1.54, 1.807) is 0 Å². The largest absolute Gasteiger partial charge is 0.493 e. The van der Waals surface area contributed by atoms with Crippen LogP contribution in [0.15, 0.2) is 60.7 Å². The van der Waals surface area contributed by atoms with Gasteiger partial charge in [0, 0.05) is 12.5 Å². The fraction of sp³-hybridized carbons (Fsp3) is 0.387. The number of carboxylic acid groups (broad SMARTS) is 1. The van der Waals surface area contributed by atoms with Crippen molar-refractivity contribution in [1.29, 1.82) is 0 Å². The molecule has 3 aromatic carbocycles. The van der Waals surface area contributed by atoms with E-state index in [9.17, 15) is 9.90 Å². The standard InChI is InChI=1S/C31H34O6/c1-21-12-28(37-18-24-10-11-34-16-24)13-22(2)30(21)25-5-3-4-23(14-25)17-36-27-8-6-26(7-9-27)31(15-29(32)33)19-35-20-31/h3-9,12-14,24H,10-11,15-20H2,1-2H3,(H,32,33). The van der Waals surface area contributed by atoms with Gasteiger partial charge in [0.05, 0.1) is 38.3 Å². The maximum atomic E-state index is 11.3. The van der Waals surface area contributed by atoms with Crippen LogP contribution in [0.4, 0.5) is 0 Å². The highest BCUT2D eigenvalue weighted by molar-refractivity contribution is 5.72. The molecule has 6 heteroatoms. The Balaban J connectivity index is 1.24. The Morgan fingerprint density at radius 2 is 1.73 bits per heavy atom. The molecule has 1 N–H and O–H groups in total. The van der Waals surface area contributed by atoms with Gasteiger partial charge in [0.25, 0.3) is 0 Å². The molecule has 0 amide bonds. The lowest BCUT2D eigenvalue weighted by atomic mass is 9.76. The maximum absolute atomic E-state index is 11.3. The number of hydrogen-bond acceptors (Lipinski definition) is 5. The minimum absolute atomic E-state index is 0.0708. The van der Waals surface area contributed by atoms with Crippen LogP contribution in [0.3, 0.4) is 0 Å². The number of aryl methyl sites for hydroxylation is 2. The first-order chi connectivity index (χ1) is 17.9. The van der Waals surface area contributed by atoms with E-state index in [1.165, 1.54) is 16.7 Å². The summed E-state index contributed by atoms with van der Waals surface area (Å²) in [5.41, 5.74) is 6.36. The maximum Gasteiger partial charge on any atom is 0.304 e. The Morgan fingerprint density at radius 3 is 2.35 bits per heavy atom. The zero-order chi connectivity index (χ0) is 25.8. The minimum Gasteiger partial charge on any atom is -0.493 e. The average molecular weight is 503 g/mol. The smallest absolute Gasteiger partial charge is 0.304 e. The number of benzene rings is 3. The highest BCUT2D eigenvalue weighted by atomic mass is 16.5. The highest BCUT2D eigenvalue weighted by Gasteiger charge is 2.42. The van der Waals surface area contributed by atoms with Gasteiger partial charge in [-0.1, -0.05) is 30.3 Å². The summed E-state index contributed by atoms with van der Waals surface area (Å²) < 4.78 is 22.9. The number of rotatable bonds is 10. The Morgan fingerprint density at radius 1 is 0.973 bits per heavy atom. The topological polar surface area (TPSA) is 74.2 Å². The van der Waals surface area contributed by atoms with Crippen LogP contribution in [0.2, 0.25) is 0 Å². The van der Waals surface area contributed by atoms with Gasteiger partial charge in [0.15, 0.2) is 0 Å². The number of ether oxygens (including phenoxy) is 4. The van der Waals surface area contributed by atoms with Crippen molar-refractivity contribution in [3.05, 3.63) is 82.9 Å². The molecule has 0 radical (unpaired) electrons. The molecule has 2 heterocycles. The van der Waals surface area contributed by atoms with E-state index in [2.05, 4.69) is 50.2 Å². The summed E-state index contributed by atoms with van der Waals surface area (Å²) in [6.07, 6.45) is 1.14. The molecule has 0 bridgehead atoms. The van der Waals surface area contributed by atoms with Crippen molar-refractivity contribution in [2.24, 2.45) is 5.92 Å². The normalized spacial score (nSPS) is 18.3. The first kappa shape index (κ1) is 25.3. The van der Waals surface area contributed by atoms with E-state index in [-0.39, 0.29) is 6.42 Å². The van der Waals surface area contributed by atoms with E-state index >= 15 is 0 Å². The fourth-order valence-electron chi connectivity index (χ4n) is 5.29. The quantitative estimate of drug-likeness (QED) is 0.383. The first-order valence-electron chi connectivity index (χ1n) is 12.9. The Bertz CT molecular complexity index is 1220. The molecule has 2 aliphatic rings. The molecule has 5 rings (SSSR count). The number of carbonyl (C=O) groups is 1. The Hall–Kier alpha value is -3.35. The third-order valence-corrected chi connectivity index (χ3v) is 7.35. The monoisotopic (exact) mass is 502 g/mol. The van der Waals surface area contributed by atoms with Crippen LogP contribution in [0.25, 0.3) is 11.1 Å². The molecule has 0 aliphatic carbocycles. The van der Waals surface area contributed by atoms with Crippen LogP contribution in [-0.4, -0.2) is 44.1 Å². The molecule has 1 unspecified atom stereocenters. The van der Waals surface area contributed by atoms with Crippen molar-refractivity contribution >= 4 is 5.97 Å². The summed E-state index contributed by atoms with van der Waals surface area (Å²) in [7, 11) is 0. The number of aliphatic carboxylic acids is 1. The molecule has 6 nitrogen and oxygen atoms in total. The lowest BCUT2D eigenvalue weighted by Crippen LogP contribution is -2.48. The van der Waals surface area contributed by atoms with E-state index in [0.717, 1.165) is 47.8 Å². The van der Waals surface area contributed by atoms with Crippen LogP contribution in [-0.2, 0) is 26.3 Å². The fourth-order valence-corrected chi connectivity index (χ4v) is 5.29. The number of hydrogen-bond donors (Lipinski definition) is 1. The number of carboxylic acids is 1. The second kappa shape index (κ2) is 11.0. The van der Waals surface area contributed by atoms with Crippen molar-refractivity contribution < 1.29 is 28.8 Å². The van der Waals surface area contributed by atoms with Gasteiger partial charge in [0.2, 0.25) is 0 Å². The molecule has 0 spiro atoms. The molecule has 2 saturated heterocycles. The molecule has 2 aliphatic heterocycles. The molecule has 2 fully saturated rings. The van der Waals surface area contributed by atoms with Crippen molar-refractivity contribution in [3.63, 3.8) is 0 Å². The van der Waals surface area contributed by atoms with Gasteiger partial charge in [-0.05, 0) is 84.0 Å². The lowest BCUT2D eigenvalue weighted by Gasteiger charge is -2.40. The van der Waals surface area contributed by atoms with Gasteiger partial charge in [-0.3, -0.25) is 4.79 Å². The van der Waals surface area contributed by atoms with Crippen molar-refractivity contribution in [1.82, 2.24) is 0 Å². The molecular formula is C31H34O6. The van der Waals surface area contributed by atoms with Crippen LogP contribution >= 0.6 is 0 Å². The second-order valence-electron chi connectivity index (χ2n) is 10.3.